The molecule has 1 saturated heterocycles. The molecule has 1 fully saturated rings. The third-order valence-corrected chi connectivity index (χ3v) is 6.50. The molecule has 0 spiro atoms. The molecule has 1 N–H and O–H groups in total. The van der Waals surface area contributed by atoms with Gasteiger partial charge < -0.3 is 9.47 Å². The number of carbonyl (C=O) groups excluding carboxylic acids is 3. The summed E-state index contributed by atoms with van der Waals surface area (Å²) < 4.78 is 12.1. The molecule has 0 radical (unpaired) electrons. The Bertz CT molecular complexity index is 1400. The number of methoxy groups -OCH3 is 1. The number of nitrogens with one attached hydrogen (secondary N) is 1. The van der Waals surface area contributed by atoms with Crippen molar-refractivity contribution >= 4 is 45.5 Å². The molecule has 0 unspecified atom stereocenters. The predicted octanol–water partition coefficient (Wildman–Crippen LogP) is 5.63. The predicted molar refractivity (Wildman–Crippen MR) is 141 cm³/mol. The van der Waals surface area contributed by atoms with Gasteiger partial charge in [0.05, 0.1) is 17.3 Å². The number of barbiturate groups is 1. The molecule has 8 heteroatoms. The first-order valence-corrected chi connectivity index (χ1v) is 12.0. The molecule has 36 heavy (non-hydrogen) atoms. The average molecular weight is 549 g/mol. The highest BCUT2D eigenvalue weighted by atomic mass is 79.9. The van der Waals surface area contributed by atoms with Crippen LogP contribution in [0.5, 0.6) is 11.5 Å². The number of anilines is 1. The van der Waals surface area contributed by atoms with Crippen LogP contribution >= 0.6 is 15.9 Å². The molecule has 0 aliphatic carbocycles. The summed E-state index contributed by atoms with van der Waals surface area (Å²) in [5, 5.41) is 2.24. The maximum absolute atomic E-state index is 13.2. The van der Waals surface area contributed by atoms with Crippen LogP contribution in [0.25, 0.3) is 6.08 Å². The van der Waals surface area contributed by atoms with Crippen molar-refractivity contribution in [2.75, 3.05) is 12.0 Å². The van der Waals surface area contributed by atoms with Crippen molar-refractivity contribution in [3.05, 3.63) is 92.5 Å². The van der Waals surface area contributed by atoms with Crippen LogP contribution in [0.15, 0.2) is 64.6 Å². The molecule has 3 aromatic carbocycles. The molecule has 0 saturated carbocycles. The Morgan fingerprint density at radius 2 is 1.67 bits per heavy atom. The summed E-state index contributed by atoms with van der Waals surface area (Å²) in [6, 6.07) is 15.6. The molecule has 3 aromatic rings. The van der Waals surface area contributed by atoms with Crippen LogP contribution in [-0.4, -0.2) is 25.0 Å². The van der Waals surface area contributed by atoms with Gasteiger partial charge in [0.2, 0.25) is 0 Å². The SMILES string of the molecule is COc1cc(/C=C2\C(=O)NC(=O)N(c3ccc(C)cc3)C2=O)cc(Br)c1OCc1ccc(C)c(C)c1. The van der Waals surface area contributed by atoms with E-state index in [-0.39, 0.29) is 5.57 Å². The van der Waals surface area contributed by atoms with Gasteiger partial charge in [-0.1, -0.05) is 35.9 Å². The van der Waals surface area contributed by atoms with E-state index in [4.69, 9.17) is 9.47 Å². The highest BCUT2D eigenvalue weighted by molar-refractivity contribution is 9.10. The lowest BCUT2D eigenvalue weighted by Gasteiger charge is -2.26. The first-order valence-electron chi connectivity index (χ1n) is 11.2. The fraction of sp³-hybridized carbons (Fsp3) is 0.179. The zero-order chi connectivity index (χ0) is 26.0. The summed E-state index contributed by atoms with van der Waals surface area (Å²) >= 11 is 3.51. The minimum atomic E-state index is -0.792. The molecular weight excluding hydrogens is 524 g/mol. The van der Waals surface area contributed by atoms with Gasteiger partial charge in [-0.2, -0.15) is 0 Å². The van der Waals surface area contributed by atoms with E-state index >= 15 is 0 Å². The third kappa shape index (κ3) is 5.18. The number of urea groups is 1. The number of hydrogen-bond donors (Lipinski definition) is 1. The summed E-state index contributed by atoms with van der Waals surface area (Å²) in [7, 11) is 1.51. The second-order valence-corrected chi connectivity index (χ2v) is 9.39. The van der Waals surface area contributed by atoms with Gasteiger partial charge in [-0.25, -0.2) is 9.69 Å². The summed E-state index contributed by atoms with van der Waals surface area (Å²) in [4.78, 5) is 39.1. The minimum Gasteiger partial charge on any atom is -0.493 e. The van der Waals surface area contributed by atoms with Gasteiger partial charge in [-0.05, 0) is 89.3 Å². The van der Waals surface area contributed by atoms with Crippen molar-refractivity contribution < 1.29 is 23.9 Å². The number of ether oxygens (including phenoxy) is 2. The fourth-order valence-electron chi connectivity index (χ4n) is 3.76. The standard InChI is InChI=1S/C28H25BrN2O5/c1-16-5-9-21(10-6-16)31-27(33)22(26(32)30-28(31)34)12-20-13-23(29)25(24(14-20)35-4)36-15-19-8-7-17(2)18(3)11-19/h5-14H,15H2,1-4H3,(H,30,32,34)/b22-12+. The molecule has 0 bridgehead atoms. The van der Waals surface area contributed by atoms with E-state index < -0.39 is 17.8 Å². The first-order chi connectivity index (χ1) is 17.2. The van der Waals surface area contributed by atoms with Crippen molar-refractivity contribution in [3.8, 4) is 11.5 Å². The van der Waals surface area contributed by atoms with Crippen molar-refractivity contribution in [1.82, 2.24) is 5.32 Å². The Balaban J connectivity index is 1.63. The van der Waals surface area contributed by atoms with Crippen LogP contribution in [0, 0.1) is 20.8 Å². The first kappa shape index (κ1) is 25.2. The smallest absolute Gasteiger partial charge is 0.335 e. The lowest BCUT2D eigenvalue weighted by molar-refractivity contribution is -0.122. The lowest BCUT2D eigenvalue weighted by atomic mass is 10.1. The average Bonchev–Trinajstić information content (AvgIpc) is 2.84. The molecule has 7 nitrogen and oxygen atoms in total. The molecule has 1 aliphatic rings. The number of amides is 4. The van der Waals surface area contributed by atoms with Gasteiger partial charge in [0.1, 0.15) is 12.2 Å². The Hall–Kier alpha value is -3.91. The van der Waals surface area contributed by atoms with Crippen molar-refractivity contribution in [2.45, 2.75) is 27.4 Å². The van der Waals surface area contributed by atoms with Gasteiger partial charge in [0.15, 0.2) is 11.5 Å². The molecular formula is C28H25BrN2O5. The van der Waals surface area contributed by atoms with E-state index in [0.717, 1.165) is 16.0 Å². The second kappa shape index (κ2) is 10.4. The molecule has 4 amide bonds. The van der Waals surface area contributed by atoms with Gasteiger partial charge in [0, 0.05) is 0 Å². The van der Waals surface area contributed by atoms with E-state index in [9.17, 15) is 14.4 Å². The highest BCUT2D eigenvalue weighted by Gasteiger charge is 2.36. The second-order valence-electron chi connectivity index (χ2n) is 8.53. The van der Waals surface area contributed by atoms with Crippen LogP contribution < -0.4 is 19.7 Å². The van der Waals surface area contributed by atoms with Gasteiger partial charge >= 0.3 is 6.03 Å². The fourth-order valence-corrected chi connectivity index (χ4v) is 4.34. The zero-order valence-corrected chi connectivity index (χ0v) is 21.9. The largest absolute Gasteiger partial charge is 0.493 e. The van der Waals surface area contributed by atoms with E-state index in [1.807, 2.05) is 26.0 Å². The van der Waals surface area contributed by atoms with Gasteiger partial charge in [-0.15, -0.1) is 0 Å². The number of imide groups is 2. The van der Waals surface area contributed by atoms with Crippen LogP contribution in [0.2, 0.25) is 0 Å². The maximum Gasteiger partial charge on any atom is 0.335 e. The number of aryl methyl sites for hydroxylation is 3. The summed E-state index contributed by atoms with van der Waals surface area (Å²) in [6.45, 7) is 6.34. The Labute approximate surface area is 217 Å². The molecule has 1 heterocycles. The number of halogens is 1. The Kier molecular flexibility index (Phi) is 7.26. The molecule has 0 atom stereocenters. The molecule has 184 valence electrons. The van der Waals surface area contributed by atoms with E-state index in [2.05, 4.69) is 34.2 Å². The monoisotopic (exact) mass is 548 g/mol. The van der Waals surface area contributed by atoms with E-state index in [1.165, 1.54) is 24.3 Å². The molecule has 0 aromatic heterocycles. The van der Waals surface area contributed by atoms with Gasteiger partial charge in [-0.3, -0.25) is 14.9 Å². The number of hydrogen-bond acceptors (Lipinski definition) is 5. The van der Waals surface area contributed by atoms with Crippen LogP contribution in [-0.2, 0) is 16.2 Å². The van der Waals surface area contributed by atoms with Gasteiger partial charge in [0.25, 0.3) is 11.8 Å². The Morgan fingerprint density at radius 3 is 2.33 bits per heavy atom. The quantitative estimate of drug-likeness (QED) is 0.318. The lowest BCUT2D eigenvalue weighted by Crippen LogP contribution is -2.54. The van der Waals surface area contributed by atoms with Crippen LogP contribution in [0.1, 0.15) is 27.8 Å². The van der Waals surface area contributed by atoms with Crippen LogP contribution in [0.4, 0.5) is 10.5 Å². The number of nitrogens with zero attached hydrogens (tertiary/aromatic N) is 1. The third-order valence-electron chi connectivity index (χ3n) is 5.91. The van der Waals surface area contributed by atoms with Crippen molar-refractivity contribution in [3.63, 3.8) is 0 Å². The molecule has 4 rings (SSSR count). The van der Waals surface area contributed by atoms with E-state index in [0.29, 0.717) is 33.8 Å². The summed E-state index contributed by atoms with van der Waals surface area (Å²) in [5.74, 6) is -0.555. The number of rotatable bonds is 6. The maximum atomic E-state index is 13.2. The zero-order valence-electron chi connectivity index (χ0n) is 20.3. The van der Waals surface area contributed by atoms with E-state index in [1.54, 1.807) is 36.4 Å². The summed E-state index contributed by atoms with van der Waals surface area (Å²) in [6.07, 6.45) is 1.42. The minimum absolute atomic E-state index is 0.173. The normalized spacial score (nSPS) is 14.8. The van der Waals surface area contributed by atoms with Crippen LogP contribution in [0.3, 0.4) is 0 Å². The number of carbonyl (C=O) groups is 3. The van der Waals surface area contributed by atoms with Crippen molar-refractivity contribution in [2.24, 2.45) is 0 Å². The Morgan fingerprint density at radius 1 is 0.944 bits per heavy atom. The number of benzene rings is 3. The highest BCUT2D eigenvalue weighted by Crippen LogP contribution is 2.38. The summed E-state index contributed by atoms with van der Waals surface area (Å²) in [5.41, 5.74) is 5.10. The molecule has 1 aliphatic heterocycles. The topological polar surface area (TPSA) is 84.9 Å². The van der Waals surface area contributed by atoms with Crippen molar-refractivity contribution in [1.29, 1.82) is 0 Å².